The molecule has 2 amide bonds. The number of aromatic nitrogens is 4. The second-order valence-electron chi connectivity index (χ2n) is 16.4. The average Bonchev–Trinajstić information content (AvgIpc) is 3.93. The number of aliphatic hydroxyl groups is 1. The molecule has 7 aromatic rings. The summed E-state index contributed by atoms with van der Waals surface area (Å²) in [5.74, 6) is -1.45. The monoisotopic (exact) mass is 824 g/mol. The van der Waals surface area contributed by atoms with Crippen LogP contribution in [0.15, 0.2) is 131 Å². The predicted molar refractivity (Wildman–Crippen MR) is 231 cm³/mol. The van der Waals surface area contributed by atoms with Gasteiger partial charge in [-0.1, -0.05) is 73.7 Å². The third-order valence-corrected chi connectivity index (χ3v) is 14.7. The number of para-hydroxylation sites is 2. The van der Waals surface area contributed by atoms with E-state index in [0.29, 0.717) is 44.4 Å². The number of rotatable bonds is 11. The molecule has 3 N–H and O–H groups in total. The molecule has 1 fully saturated rings. The molecule has 306 valence electrons. The fourth-order valence-corrected chi connectivity index (χ4v) is 12.0. The van der Waals surface area contributed by atoms with Gasteiger partial charge in [-0.15, -0.1) is 0 Å². The Morgan fingerprint density at radius 2 is 1.40 bits per heavy atom. The molecular weight excluding hydrogens is 780 g/mol. The van der Waals surface area contributed by atoms with E-state index in [0.717, 1.165) is 11.1 Å². The van der Waals surface area contributed by atoms with Crippen molar-refractivity contribution in [3.05, 3.63) is 159 Å². The molecule has 4 atom stereocenters. The highest BCUT2D eigenvalue weighted by atomic mass is 28.4. The van der Waals surface area contributed by atoms with Gasteiger partial charge in [-0.2, -0.15) is 0 Å². The Labute approximate surface area is 345 Å². The normalized spacial score (nSPS) is 20.1. The van der Waals surface area contributed by atoms with Gasteiger partial charge in [-0.3, -0.25) is 29.4 Å². The molecule has 0 radical (unpaired) electrons. The molecule has 14 heteroatoms. The minimum Gasteiger partial charge on any atom is -0.395 e. The minimum atomic E-state index is -3.67. The number of halogens is 1. The number of nitrogens with one attached hydrogen (secondary N) is 2. The lowest BCUT2D eigenvalue weighted by atomic mass is 9.82. The Hall–Kier alpha value is -6.35. The van der Waals surface area contributed by atoms with Gasteiger partial charge in [-0.05, 0) is 78.8 Å². The Morgan fingerprint density at radius 3 is 2.02 bits per heavy atom. The minimum absolute atomic E-state index is 0.0735. The first kappa shape index (κ1) is 39.1. The first-order valence-corrected chi connectivity index (χ1v) is 23.1. The van der Waals surface area contributed by atoms with E-state index in [4.69, 9.17) is 4.74 Å². The van der Waals surface area contributed by atoms with Crippen LogP contribution in [-0.2, 0) is 33.0 Å². The van der Waals surface area contributed by atoms with Crippen LogP contribution in [0.5, 0.6) is 0 Å². The SMILES string of the molecule is C[C@H]1[C@H]([Si](C)(C)F)[C@@H](CC(=O)N(CCO)Cc2ccccc2)O[C@]12C(=O)N(Cc1cccc(-n3[nH]c4ccccc4c3=O)c1)c1ccc(-n3[nH]c4ccccc4c3=O)cc12. The summed E-state index contributed by atoms with van der Waals surface area (Å²) in [4.78, 5) is 59.8. The summed E-state index contributed by atoms with van der Waals surface area (Å²) >= 11 is 0. The van der Waals surface area contributed by atoms with Gasteiger partial charge in [0.15, 0.2) is 5.60 Å². The van der Waals surface area contributed by atoms with Crippen molar-refractivity contribution in [2.24, 2.45) is 5.92 Å². The summed E-state index contributed by atoms with van der Waals surface area (Å²) in [7, 11) is -3.67. The summed E-state index contributed by atoms with van der Waals surface area (Å²) in [6, 6.07) is 36.5. The van der Waals surface area contributed by atoms with Crippen LogP contribution in [0.4, 0.5) is 9.80 Å². The van der Waals surface area contributed by atoms with Crippen molar-refractivity contribution < 1.29 is 23.5 Å². The summed E-state index contributed by atoms with van der Waals surface area (Å²) in [6.07, 6.45) is -1.17. The van der Waals surface area contributed by atoms with E-state index in [-0.39, 0.29) is 49.7 Å². The van der Waals surface area contributed by atoms with Gasteiger partial charge >= 0.3 is 0 Å². The van der Waals surface area contributed by atoms with E-state index in [1.165, 1.54) is 9.36 Å². The lowest BCUT2D eigenvalue weighted by Gasteiger charge is -2.31. The number of anilines is 1. The van der Waals surface area contributed by atoms with Crippen molar-refractivity contribution in [1.29, 1.82) is 0 Å². The summed E-state index contributed by atoms with van der Waals surface area (Å²) < 4.78 is 26.7. The molecule has 60 heavy (non-hydrogen) atoms. The van der Waals surface area contributed by atoms with Crippen molar-refractivity contribution in [3.63, 3.8) is 0 Å². The molecule has 5 aromatic carbocycles. The second kappa shape index (κ2) is 15.0. The van der Waals surface area contributed by atoms with E-state index >= 15 is 8.90 Å². The predicted octanol–water partition coefficient (Wildman–Crippen LogP) is 6.68. The highest BCUT2D eigenvalue weighted by Crippen LogP contribution is 2.60. The van der Waals surface area contributed by atoms with Gasteiger partial charge < -0.3 is 23.8 Å². The topological polar surface area (TPSA) is 146 Å². The molecule has 2 aromatic heterocycles. The van der Waals surface area contributed by atoms with Gasteiger partial charge in [0.2, 0.25) is 14.3 Å². The van der Waals surface area contributed by atoms with Crippen molar-refractivity contribution in [2.75, 3.05) is 18.1 Å². The maximum atomic E-state index is 16.8. The lowest BCUT2D eigenvalue weighted by molar-refractivity contribution is -0.150. The molecule has 0 bridgehead atoms. The number of carbonyl (C=O) groups is 2. The van der Waals surface area contributed by atoms with E-state index in [2.05, 4.69) is 10.2 Å². The van der Waals surface area contributed by atoms with Crippen molar-refractivity contribution >= 4 is 47.7 Å². The largest absolute Gasteiger partial charge is 0.395 e. The number of hydrogen-bond donors (Lipinski definition) is 3. The highest BCUT2D eigenvalue weighted by Gasteiger charge is 2.67. The fraction of sp³-hybridized carbons (Fsp3) is 0.261. The highest BCUT2D eigenvalue weighted by molar-refractivity contribution is 6.72. The van der Waals surface area contributed by atoms with Crippen molar-refractivity contribution in [1.82, 2.24) is 24.5 Å². The first-order chi connectivity index (χ1) is 28.9. The molecule has 0 saturated carbocycles. The number of H-pyrrole nitrogens is 2. The quantitative estimate of drug-likeness (QED) is 0.0981. The average molecular weight is 825 g/mol. The Bertz CT molecular complexity index is 2900. The molecule has 1 spiro atoms. The molecule has 4 heterocycles. The fourth-order valence-electron chi connectivity index (χ4n) is 9.51. The van der Waals surface area contributed by atoms with Gasteiger partial charge in [0.05, 0.1) is 64.5 Å². The number of amides is 2. The first-order valence-electron chi connectivity index (χ1n) is 20.1. The third-order valence-electron chi connectivity index (χ3n) is 12.2. The van der Waals surface area contributed by atoms with Crippen LogP contribution in [0.25, 0.3) is 33.2 Å². The van der Waals surface area contributed by atoms with Crippen molar-refractivity contribution in [2.45, 2.75) is 56.8 Å². The van der Waals surface area contributed by atoms with E-state index in [1.807, 2.05) is 91.9 Å². The zero-order valence-corrected chi connectivity index (χ0v) is 34.5. The van der Waals surface area contributed by atoms with Gasteiger partial charge in [0.25, 0.3) is 17.0 Å². The van der Waals surface area contributed by atoms with E-state index in [1.54, 1.807) is 59.3 Å². The number of nitrogens with zero attached hydrogens (tertiary/aromatic N) is 4. The van der Waals surface area contributed by atoms with Crippen LogP contribution in [0.2, 0.25) is 18.6 Å². The number of carbonyl (C=O) groups excluding carboxylic acids is 2. The molecule has 12 nitrogen and oxygen atoms in total. The Kier molecular flexibility index (Phi) is 9.80. The summed E-state index contributed by atoms with van der Waals surface area (Å²) in [5.41, 5.74) is 2.02. The molecule has 2 aliphatic rings. The molecule has 0 unspecified atom stereocenters. The van der Waals surface area contributed by atoms with E-state index in [9.17, 15) is 19.5 Å². The van der Waals surface area contributed by atoms with Crippen LogP contribution in [0.3, 0.4) is 0 Å². The van der Waals surface area contributed by atoms with Crippen LogP contribution >= 0.6 is 0 Å². The van der Waals surface area contributed by atoms with Gasteiger partial charge in [0.1, 0.15) is 0 Å². The van der Waals surface area contributed by atoms with Crippen molar-refractivity contribution in [3.8, 4) is 11.4 Å². The van der Waals surface area contributed by atoms with Gasteiger partial charge in [0, 0.05) is 30.1 Å². The van der Waals surface area contributed by atoms with Gasteiger partial charge in [-0.25, -0.2) is 9.36 Å². The Morgan fingerprint density at radius 1 is 0.800 bits per heavy atom. The van der Waals surface area contributed by atoms with Crippen LogP contribution in [0.1, 0.15) is 30.0 Å². The van der Waals surface area contributed by atoms with Crippen LogP contribution in [0, 0.1) is 5.92 Å². The maximum absolute atomic E-state index is 16.8. The molecule has 9 rings (SSSR count). The number of aromatic amines is 2. The number of aliphatic hydroxyl groups excluding tert-OH is 1. The van der Waals surface area contributed by atoms with Crippen LogP contribution in [-0.4, -0.2) is 69.0 Å². The van der Waals surface area contributed by atoms with Crippen LogP contribution < -0.4 is 16.0 Å². The number of ether oxygens (including phenoxy) is 1. The zero-order valence-electron chi connectivity index (χ0n) is 33.5. The van der Waals surface area contributed by atoms with E-state index < -0.39 is 37.5 Å². The zero-order chi connectivity index (χ0) is 41.9. The number of hydrogen-bond acceptors (Lipinski definition) is 6. The molecule has 1 saturated heterocycles. The molecule has 2 aliphatic heterocycles. The molecule has 0 aliphatic carbocycles. The Balaban J connectivity index is 1.13. The third kappa shape index (κ3) is 6.51. The maximum Gasteiger partial charge on any atom is 0.279 e. The summed E-state index contributed by atoms with van der Waals surface area (Å²) in [5, 5.41) is 17.3. The number of fused-ring (bicyclic) bond motifs is 4. The molecular formula is C46H45FN6O6Si. The lowest BCUT2D eigenvalue weighted by Crippen LogP contribution is -2.45. The smallest absolute Gasteiger partial charge is 0.279 e. The second-order valence-corrected chi connectivity index (χ2v) is 20.2. The standard InChI is InChI=1S/C46H45FN6O6Si/c1-29-42(60(2,3)47)40(26-41(55)50(22-23-54)27-30-12-5-4-6-13-30)59-46(29)36-25-33(53-44(57)35-17-8-10-19-38(35)49-53)20-21-39(36)51(45(46)58)28-31-14-11-15-32(24-31)52-43(56)34-16-7-9-18-37(34)48-52/h4-21,24-25,29,40,42,48-49,54H,22-23,26-28H2,1-3H3/t29-,40+,42-,46+/m0/s1. The summed E-state index contributed by atoms with van der Waals surface area (Å²) in [6.45, 7) is 5.14. The number of benzene rings is 5.